The van der Waals surface area contributed by atoms with E-state index in [1.807, 2.05) is 12.1 Å². The van der Waals surface area contributed by atoms with E-state index in [4.69, 9.17) is 21.1 Å². The Kier molecular flexibility index (Phi) is 9.17. The third-order valence-corrected chi connectivity index (χ3v) is 13.2. The molecule has 0 saturated heterocycles. The van der Waals surface area contributed by atoms with Crippen LogP contribution >= 0.6 is 11.6 Å². The van der Waals surface area contributed by atoms with Crippen molar-refractivity contribution in [3.63, 3.8) is 0 Å². The van der Waals surface area contributed by atoms with Crippen LogP contribution < -0.4 is 14.4 Å². The number of esters is 1. The van der Waals surface area contributed by atoms with E-state index >= 15 is 0 Å². The number of halogens is 1. The SMILES string of the molecule is COC(=O)CC[C@@]1(C)CC/C=C\[C@H](O)[C@@H]2CC[C@H]2CN2C[C@@]3(CCCc4cc(Cl)ccc43)COc3ccc(cc32)C(=O)NS1(=O)=O. The van der Waals surface area contributed by atoms with Gasteiger partial charge in [0.15, 0.2) is 0 Å². The predicted molar refractivity (Wildman–Crippen MR) is 177 cm³/mol. The molecule has 0 aromatic heterocycles. The van der Waals surface area contributed by atoms with Crippen LogP contribution in [-0.4, -0.2) is 63.1 Å². The average molecular weight is 671 g/mol. The number of aliphatic hydroxyl groups excluding tert-OH is 1. The van der Waals surface area contributed by atoms with Crippen LogP contribution in [0.15, 0.2) is 48.6 Å². The molecule has 4 aliphatic rings. The highest BCUT2D eigenvalue weighted by Crippen LogP contribution is 2.47. The van der Waals surface area contributed by atoms with E-state index in [1.54, 1.807) is 31.2 Å². The summed E-state index contributed by atoms with van der Waals surface area (Å²) in [6, 6.07) is 11.2. The van der Waals surface area contributed by atoms with Gasteiger partial charge in [0, 0.05) is 35.5 Å². The maximum atomic E-state index is 13.8. The number of nitrogens with zero attached hydrogens (tertiary/aromatic N) is 1. The van der Waals surface area contributed by atoms with Crippen LogP contribution in [0.1, 0.15) is 79.8 Å². The number of carbonyl (C=O) groups excluding carboxylic acids is 2. The molecule has 2 aromatic carbocycles. The summed E-state index contributed by atoms with van der Waals surface area (Å²) in [4.78, 5) is 27.9. The minimum atomic E-state index is -4.23. The second kappa shape index (κ2) is 12.8. The number of anilines is 1. The molecule has 1 spiro atoms. The summed E-state index contributed by atoms with van der Waals surface area (Å²) in [5.41, 5.74) is 3.09. The van der Waals surface area contributed by atoms with Crippen LogP contribution in [0.3, 0.4) is 0 Å². The number of allylic oxidation sites excluding steroid dienone is 1. The summed E-state index contributed by atoms with van der Waals surface area (Å²) >= 11 is 6.40. The quantitative estimate of drug-likeness (QED) is 0.332. The van der Waals surface area contributed by atoms with Gasteiger partial charge in [-0.2, -0.15) is 0 Å². The van der Waals surface area contributed by atoms with Crippen molar-refractivity contribution in [2.75, 3.05) is 31.7 Å². The van der Waals surface area contributed by atoms with Crippen molar-refractivity contribution >= 4 is 39.2 Å². The summed E-state index contributed by atoms with van der Waals surface area (Å²) in [5.74, 6) is -0.330. The molecule has 1 fully saturated rings. The first-order chi connectivity index (χ1) is 21.9. The molecule has 2 heterocycles. The Labute approximate surface area is 276 Å². The molecule has 6 rings (SSSR count). The molecule has 2 bridgehead atoms. The topological polar surface area (TPSA) is 122 Å². The Balaban J connectivity index is 1.40. The minimum absolute atomic E-state index is 0.0239. The lowest BCUT2D eigenvalue weighted by Crippen LogP contribution is -2.49. The van der Waals surface area contributed by atoms with E-state index in [-0.39, 0.29) is 42.1 Å². The average Bonchev–Trinajstić information content (AvgIpc) is 3.16. The van der Waals surface area contributed by atoms with E-state index in [2.05, 4.69) is 21.8 Å². The number of methoxy groups -OCH3 is 1. The summed E-state index contributed by atoms with van der Waals surface area (Å²) < 4.78 is 39.8. The number of sulfonamides is 1. The van der Waals surface area contributed by atoms with Crippen molar-refractivity contribution in [3.8, 4) is 5.75 Å². The van der Waals surface area contributed by atoms with Gasteiger partial charge in [0.25, 0.3) is 5.91 Å². The highest BCUT2D eigenvalue weighted by molar-refractivity contribution is 7.91. The van der Waals surface area contributed by atoms with Crippen molar-refractivity contribution in [3.05, 3.63) is 70.3 Å². The first-order valence-corrected chi connectivity index (χ1v) is 18.1. The monoisotopic (exact) mass is 670 g/mol. The van der Waals surface area contributed by atoms with E-state index < -0.39 is 32.8 Å². The lowest BCUT2D eigenvalue weighted by molar-refractivity contribution is -0.140. The highest BCUT2D eigenvalue weighted by Gasteiger charge is 2.45. The molecular weight excluding hydrogens is 628 g/mol. The van der Waals surface area contributed by atoms with Gasteiger partial charge < -0.3 is 19.5 Å². The first kappa shape index (κ1) is 32.8. The molecule has 9 nitrogen and oxygen atoms in total. The molecule has 5 atom stereocenters. The number of benzene rings is 2. The maximum absolute atomic E-state index is 13.8. The molecule has 1 saturated carbocycles. The fraction of sp³-hybridized carbons (Fsp3) is 0.543. The minimum Gasteiger partial charge on any atom is -0.490 e. The predicted octanol–water partition coefficient (Wildman–Crippen LogP) is 5.32. The van der Waals surface area contributed by atoms with Gasteiger partial charge in [0.05, 0.1) is 30.3 Å². The van der Waals surface area contributed by atoms with Gasteiger partial charge >= 0.3 is 5.97 Å². The van der Waals surface area contributed by atoms with Gasteiger partial charge in [-0.05, 0) is 112 Å². The fourth-order valence-corrected chi connectivity index (χ4v) is 9.30. The van der Waals surface area contributed by atoms with Crippen LogP contribution in [-0.2, 0) is 31.4 Å². The molecule has 0 unspecified atom stereocenters. The van der Waals surface area contributed by atoms with Crippen LogP contribution in [0, 0.1) is 11.8 Å². The van der Waals surface area contributed by atoms with Crippen LogP contribution in [0.25, 0.3) is 0 Å². The summed E-state index contributed by atoms with van der Waals surface area (Å²) in [6.45, 7) is 3.33. The first-order valence-electron chi connectivity index (χ1n) is 16.2. The van der Waals surface area contributed by atoms with E-state index in [1.165, 1.54) is 18.2 Å². The number of ether oxygens (including phenoxy) is 2. The lowest BCUT2D eigenvalue weighted by Gasteiger charge is -2.45. The molecule has 2 aliphatic heterocycles. The Hall–Kier alpha value is -3.08. The number of rotatable bonds is 3. The molecular formula is C35H43ClN2O7S. The maximum Gasteiger partial charge on any atom is 0.305 e. The van der Waals surface area contributed by atoms with Crippen LogP contribution in [0.2, 0.25) is 5.02 Å². The number of hydrogen-bond donors (Lipinski definition) is 2. The zero-order valence-corrected chi connectivity index (χ0v) is 28.0. The Morgan fingerprint density at radius 2 is 2.02 bits per heavy atom. The van der Waals surface area contributed by atoms with Crippen LogP contribution in [0.5, 0.6) is 5.75 Å². The molecule has 2 aromatic rings. The standard InChI is InChI=1S/C35H43ClN2O7S/c1-34(17-14-32(40)44-2)15-4-3-7-30(39)27-11-8-25(27)20-38-21-35(16-5-6-23-18-26(36)10-12-28(23)35)22-45-31-13-9-24(19-29(31)38)33(41)37-46(34,42)43/h3,7,9-10,12-13,18-19,25,27,30,39H,4-6,8,11,14-17,20-22H2,1-2H3,(H,37,41)/b7-3-/t25-,27+,30-,34+,35-/m0/s1. The lowest BCUT2D eigenvalue weighted by atomic mass is 9.68. The molecule has 2 aliphatic carbocycles. The number of carbonyl (C=O) groups is 2. The van der Waals surface area contributed by atoms with Gasteiger partial charge in [-0.1, -0.05) is 29.8 Å². The third kappa shape index (κ3) is 6.28. The van der Waals surface area contributed by atoms with Crippen molar-refractivity contribution < 1.29 is 32.6 Å². The highest BCUT2D eigenvalue weighted by atomic mass is 35.5. The largest absolute Gasteiger partial charge is 0.490 e. The number of aryl methyl sites for hydroxylation is 1. The van der Waals surface area contributed by atoms with Gasteiger partial charge in [-0.15, -0.1) is 0 Å². The van der Waals surface area contributed by atoms with E-state index in [0.29, 0.717) is 36.9 Å². The summed E-state index contributed by atoms with van der Waals surface area (Å²) in [6.07, 6.45) is 8.06. The smallest absolute Gasteiger partial charge is 0.305 e. The molecule has 248 valence electrons. The summed E-state index contributed by atoms with van der Waals surface area (Å²) in [7, 11) is -2.98. The van der Waals surface area contributed by atoms with Crippen molar-refractivity contribution in [2.24, 2.45) is 11.8 Å². The van der Waals surface area contributed by atoms with E-state index in [0.717, 1.165) is 37.8 Å². The number of nitrogens with one attached hydrogen (secondary N) is 1. The third-order valence-electron chi connectivity index (χ3n) is 10.8. The Bertz CT molecular complexity index is 1650. The summed E-state index contributed by atoms with van der Waals surface area (Å²) in [5, 5.41) is 11.9. The van der Waals surface area contributed by atoms with Gasteiger partial charge in [0.1, 0.15) is 5.75 Å². The van der Waals surface area contributed by atoms with Crippen molar-refractivity contribution in [2.45, 2.75) is 81.0 Å². The van der Waals surface area contributed by atoms with Gasteiger partial charge in [-0.3, -0.25) is 9.59 Å². The normalized spacial score (nSPS) is 31.3. The molecule has 0 radical (unpaired) electrons. The molecule has 11 heteroatoms. The molecule has 1 amide bonds. The second-order valence-corrected chi connectivity index (χ2v) is 16.3. The van der Waals surface area contributed by atoms with Gasteiger partial charge in [-0.25, -0.2) is 13.1 Å². The zero-order chi connectivity index (χ0) is 32.7. The van der Waals surface area contributed by atoms with E-state index in [9.17, 15) is 23.1 Å². The van der Waals surface area contributed by atoms with Gasteiger partial charge in [0.2, 0.25) is 10.0 Å². The Morgan fingerprint density at radius 3 is 2.78 bits per heavy atom. The fourth-order valence-electron chi connectivity index (χ4n) is 7.74. The number of hydrogen-bond acceptors (Lipinski definition) is 8. The van der Waals surface area contributed by atoms with Crippen molar-refractivity contribution in [1.82, 2.24) is 4.72 Å². The second-order valence-electron chi connectivity index (χ2n) is 13.7. The zero-order valence-electron chi connectivity index (χ0n) is 26.5. The Morgan fingerprint density at radius 1 is 1.20 bits per heavy atom. The number of aliphatic hydroxyl groups is 1. The number of amides is 1. The van der Waals surface area contributed by atoms with Crippen molar-refractivity contribution in [1.29, 1.82) is 0 Å². The molecule has 46 heavy (non-hydrogen) atoms. The number of fused-ring (bicyclic) bond motifs is 4. The molecule has 2 N–H and O–H groups in total. The van der Waals surface area contributed by atoms with Crippen LogP contribution in [0.4, 0.5) is 5.69 Å².